The molecule has 0 radical (unpaired) electrons. The van der Waals surface area contributed by atoms with Crippen molar-refractivity contribution < 1.29 is 9.47 Å². The van der Waals surface area contributed by atoms with Crippen LogP contribution in [0.25, 0.3) is 11.6 Å². The SMILES string of the molecule is COc1ccc(/C(=C\c2ccccc2)c2ccc(OCCN3CCCC3)cc2)cc1. The zero-order chi connectivity index (χ0) is 20.6. The summed E-state index contributed by atoms with van der Waals surface area (Å²) in [6.07, 6.45) is 4.86. The van der Waals surface area contributed by atoms with Gasteiger partial charge in [0.25, 0.3) is 0 Å². The molecule has 0 aromatic heterocycles. The Labute approximate surface area is 179 Å². The molecule has 1 aliphatic heterocycles. The van der Waals surface area contributed by atoms with E-state index in [2.05, 4.69) is 71.6 Å². The Hall–Kier alpha value is -3.04. The molecule has 1 fully saturated rings. The summed E-state index contributed by atoms with van der Waals surface area (Å²) in [6, 6.07) is 27.1. The molecule has 154 valence electrons. The van der Waals surface area contributed by atoms with Gasteiger partial charge in [0.1, 0.15) is 18.1 Å². The van der Waals surface area contributed by atoms with Gasteiger partial charge in [-0.25, -0.2) is 0 Å². The molecule has 0 bridgehead atoms. The summed E-state index contributed by atoms with van der Waals surface area (Å²) in [7, 11) is 1.69. The van der Waals surface area contributed by atoms with Crippen molar-refractivity contribution in [3.63, 3.8) is 0 Å². The number of rotatable bonds is 8. The minimum Gasteiger partial charge on any atom is -0.497 e. The summed E-state index contributed by atoms with van der Waals surface area (Å²) >= 11 is 0. The summed E-state index contributed by atoms with van der Waals surface area (Å²) in [4.78, 5) is 2.47. The summed E-state index contributed by atoms with van der Waals surface area (Å²) in [6.45, 7) is 4.16. The maximum Gasteiger partial charge on any atom is 0.119 e. The first kappa shape index (κ1) is 20.2. The first-order chi connectivity index (χ1) is 14.8. The van der Waals surface area contributed by atoms with Crippen LogP contribution < -0.4 is 9.47 Å². The van der Waals surface area contributed by atoms with Gasteiger partial charge in [-0.2, -0.15) is 0 Å². The highest BCUT2D eigenvalue weighted by Crippen LogP contribution is 2.29. The fourth-order valence-electron chi connectivity index (χ4n) is 3.85. The van der Waals surface area contributed by atoms with Crippen LogP contribution in [-0.2, 0) is 0 Å². The first-order valence-electron chi connectivity index (χ1n) is 10.7. The van der Waals surface area contributed by atoms with Crippen molar-refractivity contribution >= 4 is 11.6 Å². The second-order valence-electron chi connectivity index (χ2n) is 7.62. The molecule has 1 saturated heterocycles. The molecule has 30 heavy (non-hydrogen) atoms. The van der Waals surface area contributed by atoms with Gasteiger partial charge >= 0.3 is 0 Å². The van der Waals surface area contributed by atoms with E-state index in [0.29, 0.717) is 0 Å². The van der Waals surface area contributed by atoms with Gasteiger partial charge in [0.05, 0.1) is 7.11 Å². The number of hydrogen-bond acceptors (Lipinski definition) is 3. The molecule has 0 amide bonds. The first-order valence-corrected chi connectivity index (χ1v) is 10.7. The van der Waals surface area contributed by atoms with Gasteiger partial charge in [-0.05, 0) is 78.5 Å². The second-order valence-corrected chi connectivity index (χ2v) is 7.62. The molecule has 1 heterocycles. The molecular formula is C27H29NO2. The molecule has 1 aliphatic rings. The standard InChI is InChI=1S/C27H29NO2/c1-29-25-13-9-23(10-14-25)27(21-22-7-3-2-4-8-22)24-11-15-26(16-12-24)30-20-19-28-17-5-6-18-28/h2-4,7-16,21H,5-6,17-20H2,1H3/b27-21+. The Balaban J connectivity index is 1.53. The van der Waals surface area contributed by atoms with Crippen LogP contribution >= 0.6 is 0 Å². The number of benzene rings is 3. The summed E-state index contributed by atoms with van der Waals surface area (Å²) < 4.78 is 11.3. The lowest BCUT2D eigenvalue weighted by molar-refractivity contribution is 0.238. The molecule has 0 N–H and O–H groups in total. The Bertz CT molecular complexity index is 940. The van der Waals surface area contributed by atoms with Crippen LogP contribution in [0.5, 0.6) is 11.5 Å². The summed E-state index contributed by atoms with van der Waals surface area (Å²) in [5.74, 6) is 1.78. The Morgan fingerprint density at radius 1 is 0.800 bits per heavy atom. The monoisotopic (exact) mass is 399 g/mol. The Morgan fingerprint density at radius 2 is 1.40 bits per heavy atom. The third kappa shape index (κ3) is 5.31. The van der Waals surface area contributed by atoms with Crippen LogP contribution in [0.4, 0.5) is 0 Å². The minimum absolute atomic E-state index is 0.741. The molecule has 3 aromatic rings. The Morgan fingerprint density at radius 3 is 2.00 bits per heavy atom. The van der Waals surface area contributed by atoms with E-state index in [9.17, 15) is 0 Å². The molecule has 0 saturated carbocycles. The zero-order valence-corrected chi connectivity index (χ0v) is 17.6. The van der Waals surface area contributed by atoms with E-state index < -0.39 is 0 Å². The summed E-state index contributed by atoms with van der Waals surface area (Å²) in [5, 5.41) is 0. The zero-order valence-electron chi connectivity index (χ0n) is 17.6. The lowest BCUT2D eigenvalue weighted by atomic mass is 9.95. The molecule has 0 spiro atoms. The number of ether oxygens (including phenoxy) is 2. The van der Waals surface area contributed by atoms with Crippen molar-refractivity contribution in [3.8, 4) is 11.5 Å². The molecule has 0 aliphatic carbocycles. The van der Waals surface area contributed by atoms with E-state index in [-0.39, 0.29) is 0 Å². The third-order valence-corrected chi connectivity index (χ3v) is 5.55. The number of likely N-dealkylation sites (tertiary alicyclic amines) is 1. The maximum atomic E-state index is 5.98. The maximum absolute atomic E-state index is 5.98. The number of methoxy groups -OCH3 is 1. The summed E-state index contributed by atoms with van der Waals surface area (Å²) in [5.41, 5.74) is 4.67. The quantitative estimate of drug-likeness (QED) is 0.450. The highest BCUT2D eigenvalue weighted by atomic mass is 16.5. The van der Waals surface area contributed by atoms with E-state index in [0.717, 1.165) is 35.8 Å². The Kier molecular flexibility index (Phi) is 6.83. The molecular weight excluding hydrogens is 370 g/mol. The van der Waals surface area contributed by atoms with E-state index >= 15 is 0 Å². The molecule has 3 aromatic carbocycles. The molecule has 0 atom stereocenters. The normalized spacial score (nSPS) is 14.6. The highest BCUT2D eigenvalue weighted by Gasteiger charge is 2.11. The van der Waals surface area contributed by atoms with Gasteiger partial charge in [-0.3, -0.25) is 4.90 Å². The van der Waals surface area contributed by atoms with Crippen LogP contribution in [0.3, 0.4) is 0 Å². The van der Waals surface area contributed by atoms with Crippen LogP contribution in [0.15, 0.2) is 78.9 Å². The smallest absolute Gasteiger partial charge is 0.119 e. The minimum atomic E-state index is 0.741. The average Bonchev–Trinajstić information content (AvgIpc) is 3.32. The molecule has 0 unspecified atom stereocenters. The average molecular weight is 400 g/mol. The van der Waals surface area contributed by atoms with Crippen LogP contribution in [0, 0.1) is 0 Å². The van der Waals surface area contributed by atoms with E-state index in [1.54, 1.807) is 7.11 Å². The van der Waals surface area contributed by atoms with Crippen molar-refractivity contribution in [1.82, 2.24) is 4.90 Å². The van der Waals surface area contributed by atoms with E-state index in [1.165, 1.54) is 37.1 Å². The van der Waals surface area contributed by atoms with Crippen molar-refractivity contribution in [2.75, 3.05) is 33.4 Å². The van der Waals surface area contributed by atoms with Gasteiger partial charge in [0.15, 0.2) is 0 Å². The fourth-order valence-corrected chi connectivity index (χ4v) is 3.85. The van der Waals surface area contributed by atoms with Crippen molar-refractivity contribution in [1.29, 1.82) is 0 Å². The van der Waals surface area contributed by atoms with Crippen LogP contribution in [0.1, 0.15) is 29.5 Å². The molecule has 4 rings (SSSR count). The van der Waals surface area contributed by atoms with Gasteiger partial charge in [0.2, 0.25) is 0 Å². The number of nitrogens with zero attached hydrogens (tertiary/aromatic N) is 1. The second kappa shape index (κ2) is 10.1. The largest absolute Gasteiger partial charge is 0.497 e. The van der Waals surface area contributed by atoms with Crippen molar-refractivity contribution in [3.05, 3.63) is 95.6 Å². The third-order valence-electron chi connectivity index (χ3n) is 5.55. The molecule has 3 nitrogen and oxygen atoms in total. The predicted molar refractivity (Wildman–Crippen MR) is 124 cm³/mol. The predicted octanol–water partition coefficient (Wildman–Crippen LogP) is 5.76. The molecule has 3 heteroatoms. The van der Waals surface area contributed by atoms with Crippen molar-refractivity contribution in [2.24, 2.45) is 0 Å². The highest BCUT2D eigenvalue weighted by molar-refractivity contribution is 5.91. The number of hydrogen-bond donors (Lipinski definition) is 0. The topological polar surface area (TPSA) is 21.7 Å². The van der Waals surface area contributed by atoms with Crippen LogP contribution in [0.2, 0.25) is 0 Å². The fraction of sp³-hybridized carbons (Fsp3) is 0.259. The van der Waals surface area contributed by atoms with Crippen molar-refractivity contribution in [2.45, 2.75) is 12.8 Å². The van der Waals surface area contributed by atoms with E-state index in [1.807, 2.05) is 18.2 Å². The van der Waals surface area contributed by atoms with Gasteiger partial charge < -0.3 is 9.47 Å². The van der Waals surface area contributed by atoms with Gasteiger partial charge in [-0.1, -0.05) is 54.6 Å². The van der Waals surface area contributed by atoms with Gasteiger partial charge in [0, 0.05) is 6.54 Å². The van der Waals surface area contributed by atoms with Gasteiger partial charge in [-0.15, -0.1) is 0 Å². The lowest BCUT2D eigenvalue weighted by Crippen LogP contribution is -2.25. The van der Waals surface area contributed by atoms with Crippen LogP contribution in [-0.4, -0.2) is 38.3 Å². The lowest BCUT2D eigenvalue weighted by Gasteiger charge is -2.15. The van der Waals surface area contributed by atoms with E-state index in [4.69, 9.17) is 9.47 Å².